The van der Waals surface area contributed by atoms with E-state index in [0.717, 1.165) is 12.8 Å². The number of amides is 2. The van der Waals surface area contributed by atoms with Gasteiger partial charge in [-0.15, -0.1) is 0 Å². The molecule has 5 heteroatoms. The molecule has 0 aromatic rings. The highest BCUT2D eigenvalue weighted by atomic mass is 16.3. The van der Waals surface area contributed by atoms with Crippen LogP contribution in [0.3, 0.4) is 0 Å². The third-order valence-corrected chi connectivity index (χ3v) is 4.09. The smallest absolute Gasteiger partial charge is 0.315 e. The first-order valence-electron chi connectivity index (χ1n) is 8.02. The predicted molar refractivity (Wildman–Crippen MR) is 86.3 cm³/mol. The lowest BCUT2D eigenvalue weighted by atomic mass is 9.80. The Balaban J connectivity index is 2.57. The first-order chi connectivity index (χ1) is 9.54. The van der Waals surface area contributed by atoms with E-state index in [0.29, 0.717) is 12.3 Å². The van der Waals surface area contributed by atoms with Crippen molar-refractivity contribution in [1.29, 1.82) is 0 Å². The number of nitrogens with one attached hydrogen (secondary N) is 3. The minimum Gasteiger partial charge on any atom is -0.396 e. The molecule has 0 aromatic heterocycles. The molecule has 0 aliphatic carbocycles. The molecule has 0 bridgehead atoms. The van der Waals surface area contributed by atoms with E-state index in [2.05, 4.69) is 57.5 Å². The Morgan fingerprint density at radius 3 is 2.19 bits per heavy atom. The molecule has 21 heavy (non-hydrogen) atoms. The van der Waals surface area contributed by atoms with Gasteiger partial charge >= 0.3 is 6.03 Å². The fourth-order valence-corrected chi connectivity index (χ4v) is 3.53. The molecule has 1 atom stereocenters. The van der Waals surface area contributed by atoms with Crippen LogP contribution in [-0.4, -0.2) is 40.9 Å². The second-order valence-electron chi connectivity index (χ2n) is 7.98. The largest absolute Gasteiger partial charge is 0.396 e. The Morgan fingerprint density at radius 1 is 1.24 bits per heavy atom. The van der Waals surface area contributed by atoms with Crippen molar-refractivity contribution in [2.75, 3.05) is 6.61 Å². The van der Waals surface area contributed by atoms with E-state index in [-0.39, 0.29) is 35.8 Å². The van der Waals surface area contributed by atoms with Crippen LogP contribution < -0.4 is 16.0 Å². The van der Waals surface area contributed by atoms with Gasteiger partial charge in [0.05, 0.1) is 0 Å². The molecule has 0 spiro atoms. The lowest BCUT2D eigenvalue weighted by molar-refractivity contribution is 0.146. The zero-order valence-electron chi connectivity index (χ0n) is 14.4. The van der Waals surface area contributed by atoms with Gasteiger partial charge in [0.15, 0.2) is 0 Å². The number of rotatable bonds is 5. The molecule has 1 unspecified atom stereocenters. The first-order valence-corrected chi connectivity index (χ1v) is 8.02. The van der Waals surface area contributed by atoms with E-state index in [9.17, 15) is 4.79 Å². The molecular formula is C16H33N3O2. The summed E-state index contributed by atoms with van der Waals surface area (Å²) < 4.78 is 0. The average molecular weight is 299 g/mol. The second kappa shape index (κ2) is 6.97. The van der Waals surface area contributed by atoms with E-state index >= 15 is 0 Å². The lowest BCUT2D eigenvalue weighted by Gasteiger charge is -2.46. The van der Waals surface area contributed by atoms with Crippen molar-refractivity contribution in [3.63, 3.8) is 0 Å². The fraction of sp³-hybridized carbons (Fsp3) is 0.938. The number of urea groups is 1. The maximum atomic E-state index is 12.2. The Hall–Kier alpha value is -0.810. The molecule has 1 rings (SSSR count). The molecule has 0 aromatic carbocycles. The molecule has 0 radical (unpaired) electrons. The summed E-state index contributed by atoms with van der Waals surface area (Å²) in [6, 6.07) is 0.0524. The molecule has 2 amide bonds. The molecule has 1 fully saturated rings. The van der Waals surface area contributed by atoms with Crippen LogP contribution in [0.2, 0.25) is 0 Å². The van der Waals surface area contributed by atoms with Crippen molar-refractivity contribution < 1.29 is 9.90 Å². The number of aliphatic hydroxyl groups is 1. The van der Waals surface area contributed by atoms with Gasteiger partial charge in [-0.2, -0.15) is 0 Å². The predicted octanol–water partition coefficient (Wildman–Crippen LogP) is 2.00. The Kier molecular flexibility index (Phi) is 6.05. The molecule has 0 saturated carbocycles. The monoisotopic (exact) mass is 299 g/mol. The Morgan fingerprint density at radius 2 is 1.76 bits per heavy atom. The summed E-state index contributed by atoms with van der Waals surface area (Å²) in [4.78, 5) is 12.2. The molecule has 1 saturated heterocycles. The van der Waals surface area contributed by atoms with Crippen molar-refractivity contribution in [3.8, 4) is 0 Å². The van der Waals surface area contributed by atoms with Crippen molar-refractivity contribution in [2.45, 2.75) is 84.0 Å². The number of piperidine rings is 1. The standard InChI is InChI=1S/C16H33N3O2/c1-11(2)13(7-8-20)18-14(21)17-12-9-15(3,4)19-16(5,6)10-12/h11-13,19-20H,7-10H2,1-6H3,(H2,17,18,21). The maximum Gasteiger partial charge on any atom is 0.315 e. The second-order valence-corrected chi connectivity index (χ2v) is 7.98. The van der Waals surface area contributed by atoms with Gasteiger partial charge in [0.25, 0.3) is 0 Å². The molecule has 1 aliphatic rings. The summed E-state index contributed by atoms with van der Waals surface area (Å²) in [6.45, 7) is 12.9. The fourth-order valence-electron chi connectivity index (χ4n) is 3.53. The van der Waals surface area contributed by atoms with E-state index in [1.807, 2.05) is 0 Å². The molecule has 1 heterocycles. The number of hydrogen-bond acceptors (Lipinski definition) is 3. The highest BCUT2D eigenvalue weighted by molar-refractivity contribution is 5.74. The van der Waals surface area contributed by atoms with Gasteiger partial charge in [-0.3, -0.25) is 0 Å². The van der Waals surface area contributed by atoms with Gasteiger partial charge < -0.3 is 21.1 Å². The minimum absolute atomic E-state index is 0.0118. The zero-order valence-corrected chi connectivity index (χ0v) is 14.4. The van der Waals surface area contributed by atoms with Crippen molar-refractivity contribution in [2.24, 2.45) is 5.92 Å². The maximum absolute atomic E-state index is 12.2. The topological polar surface area (TPSA) is 73.4 Å². The third-order valence-electron chi connectivity index (χ3n) is 4.09. The van der Waals surface area contributed by atoms with E-state index in [4.69, 9.17) is 5.11 Å². The number of hydrogen-bond donors (Lipinski definition) is 4. The van der Waals surface area contributed by atoms with E-state index in [1.165, 1.54) is 0 Å². The summed E-state index contributed by atoms with van der Waals surface area (Å²) in [5.41, 5.74) is 0.0322. The molecular weight excluding hydrogens is 266 g/mol. The first kappa shape index (κ1) is 18.2. The van der Waals surface area contributed by atoms with Crippen LogP contribution in [0, 0.1) is 5.92 Å². The number of carbonyl (C=O) groups is 1. The van der Waals surface area contributed by atoms with Gasteiger partial charge in [0.1, 0.15) is 0 Å². The van der Waals surface area contributed by atoms with E-state index < -0.39 is 0 Å². The summed E-state index contributed by atoms with van der Waals surface area (Å²) in [5, 5.41) is 18.8. The van der Waals surface area contributed by atoms with Crippen molar-refractivity contribution >= 4 is 6.03 Å². The average Bonchev–Trinajstić information content (AvgIpc) is 2.23. The zero-order chi connectivity index (χ0) is 16.3. The normalized spacial score (nSPS) is 22.9. The van der Waals surface area contributed by atoms with Crippen molar-refractivity contribution in [1.82, 2.24) is 16.0 Å². The van der Waals surface area contributed by atoms with Gasteiger partial charge in [-0.25, -0.2) is 4.79 Å². The Bertz CT molecular complexity index is 337. The summed E-state index contributed by atoms with van der Waals surface area (Å²) in [6.07, 6.45) is 2.42. The molecule has 4 N–H and O–H groups in total. The van der Waals surface area contributed by atoms with Crippen molar-refractivity contribution in [3.05, 3.63) is 0 Å². The molecule has 124 valence electrons. The number of carbonyl (C=O) groups excluding carboxylic acids is 1. The van der Waals surface area contributed by atoms with Gasteiger partial charge in [0, 0.05) is 29.8 Å². The minimum atomic E-state index is -0.124. The van der Waals surface area contributed by atoms with Gasteiger partial charge in [0.2, 0.25) is 0 Å². The van der Waals surface area contributed by atoms with Crippen LogP contribution in [0.4, 0.5) is 4.79 Å². The summed E-state index contributed by atoms with van der Waals surface area (Å²) in [7, 11) is 0. The van der Waals surface area contributed by atoms with Crippen LogP contribution in [-0.2, 0) is 0 Å². The quantitative estimate of drug-likeness (QED) is 0.627. The van der Waals surface area contributed by atoms with Gasteiger partial charge in [-0.05, 0) is 52.9 Å². The van der Waals surface area contributed by atoms with Gasteiger partial charge in [-0.1, -0.05) is 13.8 Å². The van der Waals surface area contributed by atoms with Crippen LogP contribution in [0.1, 0.15) is 60.8 Å². The number of aliphatic hydroxyl groups excluding tert-OH is 1. The highest BCUT2D eigenvalue weighted by Gasteiger charge is 2.38. The summed E-state index contributed by atoms with van der Waals surface area (Å²) in [5.74, 6) is 0.309. The lowest BCUT2D eigenvalue weighted by Crippen LogP contribution is -2.63. The third kappa shape index (κ3) is 6.22. The SMILES string of the molecule is CC(C)C(CCO)NC(=O)NC1CC(C)(C)NC(C)(C)C1. The van der Waals surface area contributed by atoms with E-state index in [1.54, 1.807) is 0 Å². The van der Waals surface area contributed by atoms with Crippen LogP contribution >= 0.6 is 0 Å². The van der Waals surface area contributed by atoms with Crippen LogP contribution in [0.5, 0.6) is 0 Å². The Labute approximate surface area is 129 Å². The van der Waals surface area contributed by atoms with Crippen LogP contribution in [0.15, 0.2) is 0 Å². The summed E-state index contributed by atoms with van der Waals surface area (Å²) >= 11 is 0. The molecule has 1 aliphatic heterocycles. The highest BCUT2D eigenvalue weighted by Crippen LogP contribution is 2.28. The molecule has 5 nitrogen and oxygen atoms in total. The van der Waals surface area contributed by atoms with Crippen LogP contribution in [0.25, 0.3) is 0 Å².